The average Bonchev–Trinajstić information content (AvgIpc) is 2.41. The zero-order valence-corrected chi connectivity index (χ0v) is 12.3. The van der Waals surface area contributed by atoms with Gasteiger partial charge in [0.25, 0.3) is 5.91 Å². The Morgan fingerprint density at radius 1 is 1.42 bits per heavy atom. The maximum absolute atomic E-state index is 12.4. The molecular weight excluding hydrogens is 260 g/mol. The van der Waals surface area contributed by atoms with Crippen LogP contribution in [0, 0.1) is 12.8 Å². The normalized spacial score (nSPS) is 18.4. The van der Waals surface area contributed by atoms with Gasteiger partial charge in [-0.3, -0.25) is 4.79 Å². The van der Waals surface area contributed by atoms with E-state index in [1.165, 1.54) is 0 Å². The zero-order valence-electron chi connectivity index (χ0n) is 11.5. The fourth-order valence-electron chi connectivity index (χ4n) is 2.54. The molecule has 1 aromatic rings. The quantitative estimate of drug-likeness (QED) is 0.905. The lowest BCUT2D eigenvalue weighted by Gasteiger charge is -2.33. The predicted molar refractivity (Wildman–Crippen MR) is 78.5 cm³/mol. The lowest BCUT2D eigenvalue weighted by Crippen LogP contribution is -2.42. The van der Waals surface area contributed by atoms with Crippen LogP contribution in [0.25, 0.3) is 0 Å². The molecule has 1 aromatic carbocycles. The molecule has 1 aliphatic rings. The summed E-state index contributed by atoms with van der Waals surface area (Å²) in [7, 11) is 0. The Labute approximate surface area is 119 Å². The van der Waals surface area contributed by atoms with E-state index in [0.717, 1.165) is 31.5 Å². The van der Waals surface area contributed by atoms with E-state index in [2.05, 4.69) is 0 Å². The van der Waals surface area contributed by atoms with Crippen molar-refractivity contribution in [3.05, 3.63) is 34.3 Å². The number of hydrogen-bond acceptors (Lipinski definition) is 2. The van der Waals surface area contributed by atoms with Gasteiger partial charge in [0, 0.05) is 29.7 Å². The first kappa shape index (κ1) is 14.4. The summed E-state index contributed by atoms with van der Waals surface area (Å²) in [6.07, 6.45) is 1.98. The highest BCUT2D eigenvalue weighted by Gasteiger charge is 2.25. The largest absolute Gasteiger partial charge is 0.339 e. The molecule has 1 aliphatic heterocycles. The van der Waals surface area contributed by atoms with E-state index in [-0.39, 0.29) is 11.9 Å². The number of aryl methyl sites for hydroxylation is 1. The fourth-order valence-corrected chi connectivity index (χ4v) is 2.72. The van der Waals surface area contributed by atoms with Gasteiger partial charge in [-0.2, -0.15) is 0 Å². The molecule has 4 heteroatoms. The first-order valence-electron chi connectivity index (χ1n) is 6.80. The van der Waals surface area contributed by atoms with Gasteiger partial charge < -0.3 is 10.6 Å². The number of benzene rings is 1. The van der Waals surface area contributed by atoms with Crippen molar-refractivity contribution in [2.75, 3.05) is 13.1 Å². The number of rotatable bonds is 2. The summed E-state index contributed by atoms with van der Waals surface area (Å²) >= 11 is 6.07. The fraction of sp³-hybridized carbons (Fsp3) is 0.533. The summed E-state index contributed by atoms with van der Waals surface area (Å²) in [6.45, 7) is 5.56. The van der Waals surface area contributed by atoms with Gasteiger partial charge in [0.15, 0.2) is 0 Å². The minimum Gasteiger partial charge on any atom is -0.339 e. The Balaban J connectivity index is 2.03. The van der Waals surface area contributed by atoms with Crippen LogP contribution < -0.4 is 5.73 Å². The molecule has 19 heavy (non-hydrogen) atoms. The minimum atomic E-state index is 0.0741. The van der Waals surface area contributed by atoms with E-state index in [1.807, 2.05) is 30.9 Å². The van der Waals surface area contributed by atoms with Crippen molar-refractivity contribution in [2.45, 2.75) is 32.7 Å². The Kier molecular flexibility index (Phi) is 4.48. The van der Waals surface area contributed by atoms with Gasteiger partial charge in [-0.05, 0) is 50.3 Å². The van der Waals surface area contributed by atoms with Gasteiger partial charge >= 0.3 is 0 Å². The van der Waals surface area contributed by atoms with Crippen LogP contribution >= 0.6 is 11.6 Å². The second-order valence-electron chi connectivity index (χ2n) is 5.45. The number of carbonyl (C=O) groups is 1. The third-order valence-electron chi connectivity index (χ3n) is 3.99. The van der Waals surface area contributed by atoms with Crippen LogP contribution in [-0.4, -0.2) is 29.9 Å². The molecule has 2 rings (SSSR count). The number of likely N-dealkylation sites (tertiary alicyclic amines) is 1. The molecule has 0 aliphatic carbocycles. The average molecular weight is 281 g/mol. The van der Waals surface area contributed by atoms with Crippen molar-refractivity contribution >= 4 is 17.5 Å². The van der Waals surface area contributed by atoms with Crippen LogP contribution in [0.5, 0.6) is 0 Å². The topological polar surface area (TPSA) is 46.3 Å². The van der Waals surface area contributed by atoms with Gasteiger partial charge in [0.05, 0.1) is 0 Å². The number of piperidine rings is 1. The van der Waals surface area contributed by atoms with Crippen molar-refractivity contribution in [3.8, 4) is 0 Å². The summed E-state index contributed by atoms with van der Waals surface area (Å²) in [5.41, 5.74) is 7.59. The molecule has 1 saturated heterocycles. The molecule has 0 aromatic heterocycles. The monoisotopic (exact) mass is 280 g/mol. The molecule has 1 atom stereocenters. The van der Waals surface area contributed by atoms with Crippen molar-refractivity contribution in [1.82, 2.24) is 4.90 Å². The van der Waals surface area contributed by atoms with Crippen molar-refractivity contribution in [2.24, 2.45) is 11.7 Å². The molecule has 0 spiro atoms. The van der Waals surface area contributed by atoms with Gasteiger partial charge in [0.1, 0.15) is 0 Å². The summed E-state index contributed by atoms with van der Waals surface area (Å²) in [4.78, 5) is 14.3. The van der Waals surface area contributed by atoms with Gasteiger partial charge in [-0.1, -0.05) is 17.7 Å². The molecule has 1 amide bonds. The second kappa shape index (κ2) is 5.93. The minimum absolute atomic E-state index is 0.0741. The van der Waals surface area contributed by atoms with Gasteiger partial charge in [-0.15, -0.1) is 0 Å². The molecule has 1 fully saturated rings. The number of halogens is 1. The summed E-state index contributed by atoms with van der Waals surface area (Å²) in [5.74, 6) is 0.607. The van der Waals surface area contributed by atoms with Crippen molar-refractivity contribution in [3.63, 3.8) is 0 Å². The highest BCUT2D eigenvalue weighted by molar-refractivity contribution is 6.31. The number of amides is 1. The molecule has 2 N–H and O–H groups in total. The lowest BCUT2D eigenvalue weighted by atomic mass is 9.90. The van der Waals surface area contributed by atoms with E-state index in [4.69, 9.17) is 17.3 Å². The van der Waals surface area contributed by atoms with Crippen molar-refractivity contribution in [1.29, 1.82) is 0 Å². The number of nitrogens with zero attached hydrogens (tertiary/aromatic N) is 1. The molecular formula is C15H21ClN2O. The Hall–Kier alpha value is -1.06. The third-order valence-corrected chi connectivity index (χ3v) is 4.40. The van der Waals surface area contributed by atoms with Gasteiger partial charge in [-0.25, -0.2) is 0 Å². The van der Waals surface area contributed by atoms with E-state index in [1.54, 1.807) is 6.07 Å². The van der Waals surface area contributed by atoms with E-state index < -0.39 is 0 Å². The number of nitrogens with two attached hydrogens (primary N) is 1. The van der Waals surface area contributed by atoms with Crippen molar-refractivity contribution < 1.29 is 4.79 Å². The lowest BCUT2D eigenvalue weighted by molar-refractivity contribution is 0.0681. The van der Waals surface area contributed by atoms with Crippen LogP contribution in [0.4, 0.5) is 0 Å². The maximum Gasteiger partial charge on any atom is 0.253 e. The van der Waals surface area contributed by atoms with Gasteiger partial charge in [0.2, 0.25) is 0 Å². The predicted octanol–water partition coefficient (Wildman–Crippen LogP) is 2.85. The second-order valence-corrected chi connectivity index (χ2v) is 5.86. The summed E-state index contributed by atoms with van der Waals surface area (Å²) < 4.78 is 0. The maximum atomic E-state index is 12.4. The standard InChI is InChI=1S/C15H21ClN2O/c1-10-3-4-13(9-14(10)16)15(19)18-7-5-12(6-8-18)11(2)17/h3-4,9,11-12H,5-8,17H2,1-2H3. The van der Waals surface area contributed by atoms with E-state index in [0.29, 0.717) is 16.5 Å². The highest BCUT2D eigenvalue weighted by Crippen LogP contribution is 2.23. The van der Waals surface area contributed by atoms with Crippen LogP contribution in [-0.2, 0) is 0 Å². The van der Waals surface area contributed by atoms with E-state index >= 15 is 0 Å². The molecule has 104 valence electrons. The number of carbonyl (C=O) groups excluding carboxylic acids is 1. The SMILES string of the molecule is Cc1ccc(C(=O)N2CCC(C(C)N)CC2)cc1Cl. The molecule has 0 radical (unpaired) electrons. The molecule has 1 heterocycles. The molecule has 0 bridgehead atoms. The van der Waals surface area contributed by atoms with E-state index in [9.17, 15) is 4.79 Å². The Morgan fingerprint density at radius 2 is 2.05 bits per heavy atom. The van der Waals surface area contributed by atoms with Crippen LogP contribution in [0.2, 0.25) is 5.02 Å². The highest BCUT2D eigenvalue weighted by atomic mass is 35.5. The van der Waals surface area contributed by atoms with Crippen LogP contribution in [0.1, 0.15) is 35.7 Å². The first-order valence-corrected chi connectivity index (χ1v) is 7.18. The zero-order chi connectivity index (χ0) is 14.0. The summed E-state index contributed by atoms with van der Waals surface area (Å²) in [5, 5.41) is 0.649. The Bertz CT molecular complexity index is 465. The molecule has 1 unspecified atom stereocenters. The first-order chi connectivity index (χ1) is 8.99. The Morgan fingerprint density at radius 3 is 2.58 bits per heavy atom. The smallest absolute Gasteiger partial charge is 0.253 e. The molecule has 3 nitrogen and oxygen atoms in total. The molecule has 0 saturated carbocycles. The number of hydrogen-bond donors (Lipinski definition) is 1. The van der Waals surface area contributed by atoms with Crippen LogP contribution in [0.15, 0.2) is 18.2 Å². The van der Waals surface area contributed by atoms with Crippen LogP contribution in [0.3, 0.4) is 0 Å². The third kappa shape index (κ3) is 3.28. The summed E-state index contributed by atoms with van der Waals surface area (Å²) in [6, 6.07) is 5.72.